The molecule has 0 aromatic heterocycles. The predicted molar refractivity (Wildman–Crippen MR) is 119 cm³/mol. The molecule has 3 fully saturated rings. The Bertz CT molecular complexity index is 833. The van der Waals surface area contributed by atoms with Gasteiger partial charge in [-0.3, -0.25) is 14.5 Å². The number of carbonyl (C=O) groups is 2. The van der Waals surface area contributed by atoms with Gasteiger partial charge in [0.15, 0.2) is 0 Å². The second kappa shape index (κ2) is 9.25. The quantitative estimate of drug-likeness (QED) is 0.753. The molecule has 7 heteroatoms. The summed E-state index contributed by atoms with van der Waals surface area (Å²) in [4.78, 5) is 29.6. The number of piperazine rings is 1. The number of benzene rings is 1. The van der Waals surface area contributed by atoms with E-state index in [0.29, 0.717) is 31.0 Å². The molecule has 0 spiro atoms. The van der Waals surface area contributed by atoms with Crippen LogP contribution in [0.2, 0.25) is 0 Å². The lowest BCUT2D eigenvalue weighted by Crippen LogP contribution is -2.54. The van der Waals surface area contributed by atoms with Gasteiger partial charge >= 0.3 is 0 Å². The average molecular weight is 431 g/mol. The highest BCUT2D eigenvalue weighted by molar-refractivity contribution is 5.94. The molecule has 31 heavy (non-hydrogen) atoms. The van der Waals surface area contributed by atoms with Crippen LogP contribution >= 0.6 is 0 Å². The van der Waals surface area contributed by atoms with Gasteiger partial charge in [-0.2, -0.15) is 0 Å². The van der Waals surface area contributed by atoms with Crippen molar-refractivity contribution >= 4 is 17.5 Å². The van der Waals surface area contributed by atoms with E-state index in [0.717, 1.165) is 56.4 Å². The first-order chi connectivity index (χ1) is 14.8. The van der Waals surface area contributed by atoms with Gasteiger partial charge in [-0.1, -0.05) is 12.8 Å². The minimum absolute atomic E-state index is 0.0750. The van der Waals surface area contributed by atoms with Crippen molar-refractivity contribution in [3.63, 3.8) is 0 Å². The van der Waals surface area contributed by atoms with E-state index >= 15 is 0 Å². The van der Waals surface area contributed by atoms with Crippen LogP contribution in [0.3, 0.4) is 0 Å². The standard InChI is InChI=1S/C24H35FN4O2/c1-15-13-28(7-8-29(15)24(31)17-5-3-4-6-17)14-19-9-20(25)12-22(16(19)2)27-23(30)18-10-21(26)11-18/h9,12,15,17-18,21H,3-8,10-11,13-14,26H2,1-2H3,(H,27,30)/t15-,18?,21?/m0/s1. The summed E-state index contributed by atoms with van der Waals surface area (Å²) in [7, 11) is 0. The molecule has 170 valence electrons. The zero-order chi connectivity index (χ0) is 22.1. The summed E-state index contributed by atoms with van der Waals surface area (Å²) in [5.41, 5.74) is 8.11. The molecular formula is C24H35FN4O2. The van der Waals surface area contributed by atoms with Crippen molar-refractivity contribution in [1.29, 1.82) is 0 Å². The molecule has 3 aliphatic rings. The maximum absolute atomic E-state index is 14.3. The number of hydrogen-bond acceptors (Lipinski definition) is 4. The molecule has 1 aromatic carbocycles. The monoisotopic (exact) mass is 430 g/mol. The average Bonchev–Trinajstić information content (AvgIpc) is 3.23. The van der Waals surface area contributed by atoms with Crippen molar-refractivity contribution in [2.75, 3.05) is 25.0 Å². The Balaban J connectivity index is 1.38. The molecule has 1 aliphatic heterocycles. The number of nitrogens with two attached hydrogens (primary N) is 1. The predicted octanol–water partition coefficient (Wildman–Crippen LogP) is 3.03. The second-order valence-corrected chi connectivity index (χ2v) is 9.75. The van der Waals surface area contributed by atoms with E-state index in [9.17, 15) is 14.0 Å². The van der Waals surface area contributed by atoms with Gasteiger partial charge in [-0.25, -0.2) is 4.39 Å². The fourth-order valence-electron chi connectivity index (χ4n) is 5.29. The van der Waals surface area contributed by atoms with Gasteiger partial charge in [0.05, 0.1) is 0 Å². The summed E-state index contributed by atoms with van der Waals surface area (Å²) < 4.78 is 14.3. The molecule has 2 saturated carbocycles. The van der Waals surface area contributed by atoms with E-state index in [1.807, 2.05) is 11.8 Å². The van der Waals surface area contributed by atoms with Gasteiger partial charge in [0.2, 0.25) is 11.8 Å². The first kappa shape index (κ1) is 22.2. The van der Waals surface area contributed by atoms with Crippen molar-refractivity contribution in [3.05, 3.63) is 29.1 Å². The summed E-state index contributed by atoms with van der Waals surface area (Å²) in [5.74, 6) is 0.0221. The molecule has 3 N–H and O–H groups in total. The normalized spacial score (nSPS) is 27.2. The Hall–Kier alpha value is -1.99. The van der Waals surface area contributed by atoms with E-state index in [1.54, 1.807) is 6.07 Å². The summed E-state index contributed by atoms with van der Waals surface area (Å²) in [6.45, 7) is 6.91. The zero-order valence-electron chi connectivity index (χ0n) is 18.7. The molecule has 1 heterocycles. The molecule has 1 atom stereocenters. The van der Waals surface area contributed by atoms with Crippen LogP contribution in [-0.2, 0) is 16.1 Å². The SMILES string of the molecule is Cc1c(CN2CCN(C(=O)C3CCCC3)[C@@H](C)C2)cc(F)cc1NC(=O)C1CC(N)C1. The van der Waals surface area contributed by atoms with E-state index in [-0.39, 0.29) is 35.6 Å². The lowest BCUT2D eigenvalue weighted by Gasteiger charge is -2.41. The third-order valence-electron chi connectivity index (χ3n) is 7.38. The molecule has 2 amide bonds. The maximum Gasteiger partial charge on any atom is 0.227 e. The minimum Gasteiger partial charge on any atom is -0.337 e. The van der Waals surface area contributed by atoms with Crippen LogP contribution in [0.4, 0.5) is 10.1 Å². The molecule has 1 aromatic rings. The van der Waals surface area contributed by atoms with Crippen LogP contribution < -0.4 is 11.1 Å². The van der Waals surface area contributed by atoms with Crippen LogP contribution in [0.1, 0.15) is 56.6 Å². The molecule has 0 unspecified atom stereocenters. The van der Waals surface area contributed by atoms with Crippen LogP contribution in [0.15, 0.2) is 12.1 Å². The molecular weight excluding hydrogens is 395 g/mol. The lowest BCUT2D eigenvalue weighted by atomic mass is 9.80. The molecule has 0 bridgehead atoms. The van der Waals surface area contributed by atoms with E-state index in [4.69, 9.17) is 5.73 Å². The third kappa shape index (κ3) is 4.93. The van der Waals surface area contributed by atoms with Gasteiger partial charge in [0, 0.05) is 55.8 Å². The Morgan fingerprint density at radius 1 is 1.16 bits per heavy atom. The molecule has 2 aliphatic carbocycles. The molecule has 6 nitrogen and oxygen atoms in total. The fraction of sp³-hybridized carbons (Fsp3) is 0.667. The van der Waals surface area contributed by atoms with Crippen molar-refractivity contribution < 1.29 is 14.0 Å². The largest absolute Gasteiger partial charge is 0.337 e. The summed E-state index contributed by atoms with van der Waals surface area (Å²) in [6.07, 6.45) is 5.75. The highest BCUT2D eigenvalue weighted by Gasteiger charge is 2.34. The van der Waals surface area contributed by atoms with Crippen LogP contribution in [0, 0.1) is 24.6 Å². The highest BCUT2D eigenvalue weighted by Crippen LogP contribution is 2.30. The first-order valence-corrected chi connectivity index (χ1v) is 11.7. The van der Waals surface area contributed by atoms with E-state index < -0.39 is 0 Å². The number of halogens is 1. The first-order valence-electron chi connectivity index (χ1n) is 11.7. The van der Waals surface area contributed by atoms with E-state index in [1.165, 1.54) is 6.07 Å². The fourth-order valence-corrected chi connectivity index (χ4v) is 5.29. The minimum atomic E-state index is -0.343. The number of hydrogen-bond donors (Lipinski definition) is 2. The summed E-state index contributed by atoms with van der Waals surface area (Å²) in [6, 6.07) is 3.21. The Kier molecular flexibility index (Phi) is 6.63. The smallest absolute Gasteiger partial charge is 0.227 e. The lowest BCUT2D eigenvalue weighted by molar-refractivity contribution is -0.140. The van der Waals surface area contributed by atoms with E-state index in [2.05, 4.69) is 17.1 Å². The Morgan fingerprint density at radius 3 is 2.52 bits per heavy atom. The van der Waals surface area contributed by atoms with Gasteiger partial charge in [0.25, 0.3) is 0 Å². The second-order valence-electron chi connectivity index (χ2n) is 9.75. The topological polar surface area (TPSA) is 78.7 Å². The Morgan fingerprint density at radius 2 is 1.87 bits per heavy atom. The highest BCUT2D eigenvalue weighted by atomic mass is 19.1. The maximum atomic E-state index is 14.3. The van der Waals surface area contributed by atoms with Crippen molar-refractivity contribution in [1.82, 2.24) is 9.80 Å². The third-order valence-corrected chi connectivity index (χ3v) is 7.38. The summed E-state index contributed by atoms with van der Waals surface area (Å²) >= 11 is 0. The number of rotatable bonds is 5. The van der Waals surface area contributed by atoms with Gasteiger partial charge in [0.1, 0.15) is 5.82 Å². The number of nitrogens with zero attached hydrogens (tertiary/aromatic N) is 2. The van der Waals surface area contributed by atoms with Crippen LogP contribution in [-0.4, -0.2) is 53.3 Å². The Labute approximate surface area is 184 Å². The number of carbonyl (C=O) groups excluding carboxylic acids is 2. The van der Waals surface area contributed by atoms with Gasteiger partial charge < -0.3 is 16.0 Å². The van der Waals surface area contributed by atoms with Crippen LogP contribution in [0.25, 0.3) is 0 Å². The summed E-state index contributed by atoms with van der Waals surface area (Å²) in [5, 5.41) is 2.91. The zero-order valence-corrected chi connectivity index (χ0v) is 18.7. The molecule has 0 radical (unpaired) electrons. The van der Waals surface area contributed by atoms with Crippen LogP contribution in [0.5, 0.6) is 0 Å². The number of nitrogens with one attached hydrogen (secondary N) is 1. The van der Waals surface area contributed by atoms with Crippen molar-refractivity contribution in [2.45, 2.75) is 71.0 Å². The number of anilines is 1. The van der Waals surface area contributed by atoms with Gasteiger partial charge in [-0.15, -0.1) is 0 Å². The number of amides is 2. The van der Waals surface area contributed by atoms with Gasteiger partial charge in [-0.05, 0) is 62.8 Å². The molecule has 4 rings (SSSR count). The molecule has 1 saturated heterocycles. The van der Waals surface area contributed by atoms with Crippen molar-refractivity contribution in [3.8, 4) is 0 Å². The van der Waals surface area contributed by atoms with Crippen molar-refractivity contribution in [2.24, 2.45) is 17.6 Å².